The second kappa shape index (κ2) is 6.65. The zero-order chi connectivity index (χ0) is 14.5. The van der Waals surface area contributed by atoms with Gasteiger partial charge in [-0.25, -0.2) is 4.39 Å². The van der Waals surface area contributed by atoms with Crippen LogP contribution in [0.2, 0.25) is 0 Å². The van der Waals surface area contributed by atoms with E-state index in [0.717, 1.165) is 10.0 Å². The Morgan fingerprint density at radius 3 is 2.60 bits per heavy atom. The molecular formula is C16H14BrFN2. The molecule has 2 nitrogen and oxygen atoms in total. The van der Waals surface area contributed by atoms with Gasteiger partial charge in [-0.3, -0.25) is 0 Å². The highest BCUT2D eigenvalue weighted by Gasteiger charge is 2.07. The fourth-order valence-corrected chi connectivity index (χ4v) is 2.31. The van der Waals surface area contributed by atoms with Crippen molar-refractivity contribution in [1.82, 2.24) is 5.32 Å². The summed E-state index contributed by atoms with van der Waals surface area (Å²) >= 11 is 3.34. The third kappa shape index (κ3) is 3.66. The van der Waals surface area contributed by atoms with Crippen LogP contribution in [0.1, 0.15) is 29.7 Å². The zero-order valence-corrected chi connectivity index (χ0v) is 12.6. The maximum absolute atomic E-state index is 13.6. The van der Waals surface area contributed by atoms with Gasteiger partial charge in [0.2, 0.25) is 0 Å². The van der Waals surface area contributed by atoms with E-state index in [0.29, 0.717) is 17.7 Å². The molecule has 0 bridgehead atoms. The molecule has 1 N–H and O–H groups in total. The van der Waals surface area contributed by atoms with Crippen molar-refractivity contribution in [2.24, 2.45) is 0 Å². The molecule has 0 amide bonds. The Morgan fingerprint density at radius 2 is 1.95 bits per heavy atom. The lowest BCUT2D eigenvalue weighted by Crippen LogP contribution is -2.18. The summed E-state index contributed by atoms with van der Waals surface area (Å²) in [4.78, 5) is 0. The van der Waals surface area contributed by atoms with Crippen molar-refractivity contribution < 1.29 is 4.39 Å². The van der Waals surface area contributed by atoms with E-state index in [2.05, 4.69) is 27.3 Å². The molecule has 0 saturated carbocycles. The van der Waals surface area contributed by atoms with Crippen LogP contribution < -0.4 is 5.32 Å². The maximum Gasteiger partial charge on any atom is 0.127 e. The van der Waals surface area contributed by atoms with Crippen molar-refractivity contribution in [2.45, 2.75) is 19.5 Å². The van der Waals surface area contributed by atoms with E-state index in [9.17, 15) is 4.39 Å². The molecule has 0 fully saturated rings. The summed E-state index contributed by atoms with van der Waals surface area (Å²) in [7, 11) is 0. The third-order valence-corrected chi connectivity index (χ3v) is 3.64. The molecule has 2 rings (SSSR count). The van der Waals surface area contributed by atoms with E-state index in [1.54, 1.807) is 24.3 Å². The monoisotopic (exact) mass is 332 g/mol. The summed E-state index contributed by atoms with van der Waals surface area (Å²) in [6.07, 6.45) is 0. The molecule has 1 atom stereocenters. The van der Waals surface area contributed by atoms with Gasteiger partial charge in [-0.1, -0.05) is 28.1 Å². The quantitative estimate of drug-likeness (QED) is 0.905. The molecule has 0 saturated heterocycles. The van der Waals surface area contributed by atoms with Crippen LogP contribution in [0.4, 0.5) is 4.39 Å². The van der Waals surface area contributed by atoms with Crippen molar-refractivity contribution in [1.29, 1.82) is 5.26 Å². The van der Waals surface area contributed by atoms with Crippen LogP contribution in [0, 0.1) is 17.1 Å². The van der Waals surface area contributed by atoms with Crippen molar-refractivity contribution in [3.63, 3.8) is 0 Å². The molecule has 4 heteroatoms. The minimum absolute atomic E-state index is 0.0844. The highest BCUT2D eigenvalue weighted by Crippen LogP contribution is 2.18. The normalized spacial score (nSPS) is 11.9. The molecule has 0 aromatic heterocycles. The summed E-state index contributed by atoms with van der Waals surface area (Å²) in [5.41, 5.74) is 2.33. The molecule has 0 spiro atoms. The molecule has 0 aliphatic carbocycles. The van der Waals surface area contributed by atoms with Crippen LogP contribution in [0.25, 0.3) is 0 Å². The molecule has 2 aromatic carbocycles. The van der Waals surface area contributed by atoms with Gasteiger partial charge in [-0.15, -0.1) is 0 Å². The molecular weight excluding hydrogens is 319 g/mol. The fraction of sp³-hybridized carbons (Fsp3) is 0.188. The largest absolute Gasteiger partial charge is 0.306 e. The number of hydrogen-bond donors (Lipinski definition) is 1. The molecule has 102 valence electrons. The van der Waals surface area contributed by atoms with Crippen LogP contribution in [0.5, 0.6) is 0 Å². The topological polar surface area (TPSA) is 35.8 Å². The van der Waals surface area contributed by atoms with Gasteiger partial charge in [0.25, 0.3) is 0 Å². The Hall–Kier alpha value is -1.70. The van der Waals surface area contributed by atoms with Crippen LogP contribution in [0.15, 0.2) is 46.9 Å². The van der Waals surface area contributed by atoms with Gasteiger partial charge >= 0.3 is 0 Å². The number of nitrogens with zero attached hydrogens (tertiary/aromatic N) is 1. The SMILES string of the molecule is CC(NCc1cc(Br)ccc1F)c1ccc(C#N)cc1. The zero-order valence-electron chi connectivity index (χ0n) is 11.0. The van der Waals surface area contributed by atoms with Gasteiger partial charge in [-0.2, -0.15) is 5.26 Å². The number of halogens is 2. The highest BCUT2D eigenvalue weighted by atomic mass is 79.9. The Labute approximate surface area is 126 Å². The van der Waals surface area contributed by atoms with Crippen molar-refractivity contribution >= 4 is 15.9 Å². The van der Waals surface area contributed by atoms with Gasteiger partial charge < -0.3 is 5.32 Å². The van der Waals surface area contributed by atoms with E-state index in [1.807, 2.05) is 19.1 Å². The van der Waals surface area contributed by atoms with E-state index in [-0.39, 0.29) is 11.9 Å². The second-order valence-electron chi connectivity index (χ2n) is 4.57. The average Bonchev–Trinajstić information content (AvgIpc) is 2.48. The Balaban J connectivity index is 2.02. The van der Waals surface area contributed by atoms with Crippen LogP contribution in [-0.2, 0) is 6.54 Å². The lowest BCUT2D eigenvalue weighted by atomic mass is 10.1. The van der Waals surface area contributed by atoms with Crippen molar-refractivity contribution in [3.05, 3.63) is 69.4 Å². The lowest BCUT2D eigenvalue weighted by Gasteiger charge is -2.15. The molecule has 0 aliphatic rings. The van der Waals surface area contributed by atoms with Gasteiger partial charge in [-0.05, 0) is 42.8 Å². The number of benzene rings is 2. The summed E-state index contributed by atoms with van der Waals surface area (Å²) in [6, 6.07) is 14.5. The Morgan fingerprint density at radius 1 is 1.25 bits per heavy atom. The average molecular weight is 333 g/mol. The molecule has 0 aliphatic heterocycles. The Bertz CT molecular complexity index is 632. The summed E-state index contributed by atoms with van der Waals surface area (Å²) < 4.78 is 14.5. The molecule has 20 heavy (non-hydrogen) atoms. The van der Waals surface area contributed by atoms with Gasteiger partial charge in [0.15, 0.2) is 0 Å². The first kappa shape index (κ1) is 14.7. The summed E-state index contributed by atoms with van der Waals surface area (Å²) in [6.45, 7) is 2.46. The summed E-state index contributed by atoms with van der Waals surface area (Å²) in [5.74, 6) is -0.215. The number of rotatable bonds is 4. The molecule has 0 heterocycles. The number of nitrogens with one attached hydrogen (secondary N) is 1. The summed E-state index contributed by atoms with van der Waals surface area (Å²) in [5, 5.41) is 12.0. The van der Waals surface area contributed by atoms with E-state index >= 15 is 0 Å². The number of nitriles is 1. The van der Waals surface area contributed by atoms with Crippen LogP contribution >= 0.6 is 15.9 Å². The van der Waals surface area contributed by atoms with Gasteiger partial charge in [0, 0.05) is 22.6 Å². The van der Waals surface area contributed by atoms with Crippen molar-refractivity contribution in [2.75, 3.05) is 0 Å². The lowest BCUT2D eigenvalue weighted by molar-refractivity contribution is 0.544. The van der Waals surface area contributed by atoms with E-state index < -0.39 is 0 Å². The molecule has 1 unspecified atom stereocenters. The van der Waals surface area contributed by atoms with E-state index in [4.69, 9.17) is 5.26 Å². The Kier molecular flexibility index (Phi) is 4.89. The first-order valence-electron chi connectivity index (χ1n) is 6.27. The minimum Gasteiger partial charge on any atom is -0.306 e. The fourth-order valence-electron chi connectivity index (χ4n) is 1.91. The highest BCUT2D eigenvalue weighted by molar-refractivity contribution is 9.10. The van der Waals surface area contributed by atoms with Crippen LogP contribution in [-0.4, -0.2) is 0 Å². The number of hydrogen-bond acceptors (Lipinski definition) is 2. The molecule has 2 aromatic rings. The van der Waals surface area contributed by atoms with E-state index in [1.165, 1.54) is 6.07 Å². The smallest absolute Gasteiger partial charge is 0.127 e. The van der Waals surface area contributed by atoms with Gasteiger partial charge in [0.05, 0.1) is 11.6 Å². The predicted molar refractivity (Wildman–Crippen MR) is 80.5 cm³/mol. The third-order valence-electron chi connectivity index (χ3n) is 3.15. The van der Waals surface area contributed by atoms with Crippen LogP contribution in [0.3, 0.4) is 0 Å². The first-order chi connectivity index (χ1) is 9.60. The molecule has 0 radical (unpaired) electrons. The maximum atomic E-state index is 13.6. The van der Waals surface area contributed by atoms with Crippen molar-refractivity contribution in [3.8, 4) is 6.07 Å². The minimum atomic E-state index is -0.215. The standard InChI is InChI=1S/C16H14BrFN2/c1-11(13-4-2-12(9-19)3-5-13)20-10-14-8-15(17)6-7-16(14)18/h2-8,11,20H,10H2,1H3. The second-order valence-corrected chi connectivity index (χ2v) is 5.49. The predicted octanol–water partition coefficient (Wildman–Crippen LogP) is 4.31. The first-order valence-corrected chi connectivity index (χ1v) is 7.07. The van der Waals surface area contributed by atoms with Gasteiger partial charge in [0.1, 0.15) is 5.82 Å².